The Balaban J connectivity index is 2.30. The second kappa shape index (κ2) is 4.14. The standard InChI is InChI=1S/C12H17N3O/c1-12(2,5-6-13)15-11-9-4-8-16-10(9)3-7-14-11/h3-4,7-8H,5-6,13H2,1-2H3,(H,14,15). The molecule has 16 heavy (non-hydrogen) atoms. The summed E-state index contributed by atoms with van der Waals surface area (Å²) in [5.41, 5.74) is 6.37. The molecule has 3 N–H and O–H groups in total. The van der Waals surface area contributed by atoms with E-state index in [-0.39, 0.29) is 5.54 Å². The van der Waals surface area contributed by atoms with Crippen LogP contribution in [0, 0.1) is 0 Å². The van der Waals surface area contributed by atoms with Crippen molar-refractivity contribution in [2.45, 2.75) is 25.8 Å². The van der Waals surface area contributed by atoms with E-state index in [1.54, 1.807) is 12.5 Å². The van der Waals surface area contributed by atoms with Gasteiger partial charge in [-0.1, -0.05) is 0 Å². The van der Waals surface area contributed by atoms with Gasteiger partial charge in [-0.15, -0.1) is 0 Å². The number of anilines is 1. The van der Waals surface area contributed by atoms with Crippen LogP contribution in [0.3, 0.4) is 0 Å². The van der Waals surface area contributed by atoms with Crippen molar-refractivity contribution < 1.29 is 4.42 Å². The van der Waals surface area contributed by atoms with E-state index < -0.39 is 0 Å². The second-order valence-corrected chi connectivity index (χ2v) is 4.54. The summed E-state index contributed by atoms with van der Waals surface area (Å²) in [6, 6.07) is 3.78. The molecule has 0 spiro atoms. The number of nitrogens with zero attached hydrogens (tertiary/aromatic N) is 1. The van der Waals surface area contributed by atoms with Crippen LogP contribution in [0.5, 0.6) is 0 Å². The molecule has 2 heterocycles. The number of hydrogen-bond acceptors (Lipinski definition) is 4. The lowest BCUT2D eigenvalue weighted by Crippen LogP contribution is -2.33. The van der Waals surface area contributed by atoms with E-state index >= 15 is 0 Å². The van der Waals surface area contributed by atoms with Gasteiger partial charge in [-0.25, -0.2) is 4.98 Å². The van der Waals surface area contributed by atoms with Crippen LogP contribution < -0.4 is 11.1 Å². The first kappa shape index (κ1) is 11.0. The van der Waals surface area contributed by atoms with Gasteiger partial charge in [0.15, 0.2) is 0 Å². The van der Waals surface area contributed by atoms with Crippen molar-refractivity contribution in [1.29, 1.82) is 0 Å². The van der Waals surface area contributed by atoms with Gasteiger partial charge in [0.05, 0.1) is 11.6 Å². The highest BCUT2D eigenvalue weighted by atomic mass is 16.3. The molecule has 86 valence electrons. The van der Waals surface area contributed by atoms with Crippen LogP contribution in [-0.4, -0.2) is 17.1 Å². The highest BCUT2D eigenvalue weighted by molar-refractivity contribution is 5.88. The molecule has 0 atom stereocenters. The fourth-order valence-corrected chi connectivity index (χ4v) is 1.74. The van der Waals surface area contributed by atoms with Gasteiger partial charge in [0.1, 0.15) is 11.4 Å². The van der Waals surface area contributed by atoms with E-state index in [9.17, 15) is 0 Å². The van der Waals surface area contributed by atoms with Crippen molar-refractivity contribution in [2.75, 3.05) is 11.9 Å². The van der Waals surface area contributed by atoms with Gasteiger partial charge in [-0.05, 0) is 38.9 Å². The minimum atomic E-state index is -0.0622. The molecule has 0 aliphatic heterocycles. The Morgan fingerprint density at radius 3 is 3.00 bits per heavy atom. The summed E-state index contributed by atoms with van der Waals surface area (Å²) in [6.45, 7) is 4.88. The van der Waals surface area contributed by atoms with Crippen molar-refractivity contribution in [1.82, 2.24) is 4.98 Å². The van der Waals surface area contributed by atoms with Crippen LogP contribution >= 0.6 is 0 Å². The predicted octanol–water partition coefficient (Wildman–Crippen LogP) is 2.37. The lowest BCUT2D eigenvalue weighted by Gasteiger charge is -2.26. The fraction of sp³-hybridized carbons (Fsp3) is 0.417. The maximum absolute atomic E-state index is 5.58. The summed E-state index contributed by atoms with van der Waals surface area (Å²) < 4.78 is 5.33. The van der Waals surface area contributed by atoms with Crippen molar-refractivity contribution in [3.8, 4) is 0 Å². The van der Waals surface area contributed by atoms with Crippen molar-refractivity contribution in [3.05, 3.63) is 24.6 Å². The maximum Gasteiger partial charge on any atom is 0.139 e. The van der Waals surface area contributed by atoms with Crippen molar-refractivity contribution in [2.24, 2.45) is 5.73 Å². The van der Waals surface area contributed by atoms with Crippen LogP contribution in [0.2, 0.25) is 0 Å². The molecule has 0 aromatic carbocycles. The van der Waals surface area contributed by atoms with Gasteiger partial charge in [-0.3, -0.25) is 0 Å². The molecule has 2 rings (SSSR count). The molecule has 0 unspecified atom stereocenters. The van der Waals surface area contributed by atoms with Crippen LogP contribution in [0.4, 0.5) is 5.82 Å². The largest absolute Gasteiger partial charge is 0.464 e. The number of fused-ring (bicyclic) bond motifs is 1. The number of aromatic nitrogens is 1. The number of rotatable bonds is 4. The number of hydrogen-bond donors (Lipinski definition) is 2. The number of furan rings is 1. The van der Waals surface area contributed by atoms with Gasteiger partial charge in [0, 0.05) is 11.7 Å². The summed E-state index contributed by atoms with van der Waals surface area (Å²) >= 11 is 0. The zero-order valence-electron chi connectivity index (χ0n) is 9.66. The quantitative estimate of drug-likeness (QED) is 0.828. The Morgan fingerprint density at radius 1 is 1.44 bits per heavy atom. The number of nitrogens with two attached hydrogens (primary N) is 1. The highest BCUT2D eigenvalue weighted by Gasteiger charge is 2.18. The predicted molar refractivity (Wildman–Crippen MR) is 65.4 cm³/mol. The first-order chi connectivity index (χ1) is 7.62. The first-order valence-electron chi connectivity index (χ1n) is 5.43. The molecule has 0 amide bonds. The Kier molecular flexibility index (Phi) is 2.83. The molecule has 2 aromatic rings. The molecule has 0 bridgehead atoms. The molecule has 0 aliphatic carbocycles. The smallest absolute Gasteiger partial charge is 0.139 e. The monoisotopic (exact) mass is 219 g/mol. The van der Waals surface area contributed by atoms with E-state index in [1.807, 2.05) is 12.1 Å². The molecule has 2 aromatic heterocycles. The van der Waals surface area contributed by atoms with Crippen molar-refractivity contribution >= 4 is 16.8 Å². The minimum absolute atomic E-state index is 0.0622. The summed E-state index contributed by atoms with van der Waals surface area (Å²) in [5, 5.41) is 4.40. The molecule has 0 saturated carbocycles. The third-order valence-corrected chi connectivity index (χ3v) is 2.61. The van der Waals surface area contributed by atoms with Gasteiger partial charge in [-0.2, -0.15) is 0 Å². The normalized spacial score (nSPS) is 11.9. The molecular weight excluding hydrogens is 202 g/mol. The molecule has 0 aliphatic rings. The second-order valence-electron chi connectivity index (χ2n) is 4.54. The lowest BCUT2D eigenvalue weighted by molar-refractivity contribution is 0.525. The molecule has 0 radical (unpaired) electrons. The minimum Gasteiger partial charge on any atom is -0.464 e. The summed E-state index contributed by atoms with van der Waals surface area (Å²) in [7, 11) is 0. The Morgan fingerprint density at radius 2 is 2.25 bits per heavy atom. The van der Waals surface area contributed by atoms with Crippen LogP contribution in [-0.2, 0) is 0 Å². The first-order valence-corrected chi connectivity index (χ1v) is 5.43. The van der Waals surface area contributed by atoms with E-state index in [2.05, 4.69) is 24.1 Å². The van der Waals surface area contributed by atoms with E-state index in [0.29, 0.717) is 6.54 Å². The van der Waals surface area contributed by atoms with Crippen LogP contribution in [0.25, 0.3) is 11.0 Å². The maximum atomic E-state index is 5.58. The SMILES string of the molecule is CC(C)(CCN)Nc1nccc2occc12. The van der Waals surface area contributed by atoms with E-state index in [4.69, 9.17) is 10.2 Å². The summed E-state index contributed by atoms with van der Waals surface area (Å²) in [4.78, 5) is 4.33. The van der Waals surface area contributed by atoms with Gasteiger partial charge in [0.25, 0.3) is 0 Å². The number of pyridine rings is 1. The van der Waals surface area contributed by atoms with Gasteiger partial charge in [0.2, 0.25) is 0 Å². The third-order valence-electron chi connectivity index (χ3n) is 2.61. The summed E-state index contributed by atoms with van der Waals surface area (Å²) in [5.74, 6) is 0.852. The van der Waals surface area contributed by atoms with E-state index in [1.165, 1.54) is 0 Å². The zero-order valence-corrected chi connectivity index (χ0v) is 9.66. The topological polar surface area (TPSA) is 64.1 Å². The number of nitrogens with one attached hydrogen (secondary N) is 1. The average molecular weight is 219 g/mol. The fourth-order valence-electron chi connectivity index (χ4n) is 1.74. The van der Waals surface area contributed by atoms with Crippen LogP contribution in [0.1, 0.15) is 20.3 Å². The Bertz CT molecular complexity index is 476. The Labute approximate surface area is 94.8 Å². The lowest BCUT2D eigenvalue weighted by atomic mass is 10.0. The highest BCUT2D eigenvalue weighted by Crippen LogP contribution is 2.25. The Hall–Kier alpha value is -1.55. The van der Waals surface area contributed by atoms with Crippen LogP contribution in [0.15, 0.2) is 29.0 Å². The third kappa shape index (κ3) is 2.17. The molecule has 0 saturated heterocycles. The average Bonchev–Trinajstić information content (AvgIpc) is 2.65. The molecule has 4 nitrogen and oxygen atoms in total. The molecule has 4 heteroatoms. The van der Waals surface area contributed by atoms with Gasteiger partial charge >= 0.3 is 0 Å². The zero-order chi connectivity index (χ0) is 11.6. The molecular formula is C12H17N3O. The van der Waals surface area contributed by atoms with Crippen molar-refractivity contribution in [3.63, 3.8) is 0 Å². The van der Waals surface area contributed by atoms with Gasteiger partial charge < -0.3 is 15.5 Å². The summed E-state index contributed by atoms with van der Waals surface area (Å²) in [6.07, 6.45) is 4.31. The van der Waals surface area contributed by atoms with E-state index in [0.717, 1.165) is 23.2 Å². The molecule has 0 fully saturated rings.